The van der Waals surface area contributed by atoms with Crippen molar-refractivity contribution in [3.8, 4) is 0 Å². The van der Waals surface area contributed by atoms with Crippen molar-refractivity contribution >= 4 is 28.6 Å². The van der Waals surface area contributed by atoms with Gasteiger partial charge in [-0.05, 0) is 24.3 Å². The molecule has 6 heteroatoms. The average Bonchev–Trinajstić information content (AvgIpc) is 2.55. The number of fused-ring (bicyclic) bond motifs is 1. The van der Waals surface area contributed by atoms with E-state index < -0.39 is 5.97 Å². The van der Waals surface area contributed by atoms with Crippen molar-refractivity contribution in [3.63, 3.8) is 0 Å². The van der Waals surface area contributed by atoms with Gasteiger partial charge < -0.3 is 10.0 Å². The molecule has 2 amide bonds. The summed E-state index contributed by atoms with van der Waals surface area (Å²) in [4.78, 5) is 29.0. The van der Waals surface area contributed by atoms with Gasteiger partial charge in [-0.1, -0.05) is 24.3 Å². The number of carboxylic acids is 1. The summed E-state index contributed by atoms with van der Waals surface area (Å²) in [7, 11) is 0. The zero-order valence-corrected chi connectivity index (χ0v) is 12.0. The Balaban J connectivity index is 1.65. The molecule has 1 aromatic heterocycles. The molecule has 0 bridgehead atoms. The Morgan fingerprint density at radius 3 is 2.55 bits per heavy atom. The number of hydrogen-bond acceptors (Lipinski definition) is 3. The molecular weight excluding hydrogens is 282 g/mol. The topological polar surface area (TPSA) is 82.5 Å². The minimum Gasteiger partial charge on any atom is -0.481 e. The Kier molecular flexibility index (Phi) is 3.91. The number of carboxylic acid groups (broad SMARTS) is 1. The molecule has 2 aromatic rings. The van der Waals surface area contributed by atoms with Crippen LogP contribution < -0.4 is 5.32 Å². The Bertz CT molecular complexity index is 709. The number of aromatic nitrogens is 1. The van der Waals surface area contributed by atoms with Crippen LogP contribution in [0.5, 0.6) is 0 Å². The highest BCUT2D eigenvalue weighted by atomic mass is 16.4. The van der Waals surface area contributed by atoms with Crippen molar-refractivity contribution in [2.45, 2.75) is 12.8 Å². The number of hydrogen-bond donors (Lipinski definition) is 2. The van der Waals surface area contributed by atoms with E-state index in [2.05, 4.69) is 10.3 Å². The van der Waals surface area contributed by atoms with Gasteiger partial charge in [0.1, 0.15) is 5.82 Å². The number of carbonyl (C=O) groups is 2. The van der Waals surface area contributed by atoms with Crippen LogP contribution in [-0.2, 0) is 4.79 Å². The second-order valence-electron chi connectivity index (χ2n) is 5.45. The largest absolute Gasteiger partial charge is 0.481 e. The number of aliphatic carboxylic acids is 1. The van der Waals surface area contributed by atoms with E-state index in [1.807, 2.05) is 30.3 Å². The minimum atomic E-state index is -0.781. The lowest BCUT2D eigenvalue weighted by Gasteiger charge is -2.30. The number of nitrogens with one attached hydrogen (secondary N) is 1. The normalized spacial score (nSPS) is 15.7. The quantitative estimate of drug-likeness (QED) is 0.892. The van der Waals surface area contributed by atoms with Crippen molar-refractivity contribution in [1.29, 1.82) is 0 Å². The van der Waals surface area contributed by atoms with Gasteiger partial charge >= 0.3 is 12.0 Å². The second-order valence-corrected chi connectivity index (χ2v) is 5.45. The molecule has 1 fully saturated rings. The number of amides is 2. The summed E-state index contributed by atoms with van der Waals surface area (Å²) < 4.78 is 0. The van der Waals surface area contributed by atoms with Gasteiger partial charge in [0.25, 0.3) is 0 Å². The van der Waals surface area contributed by atoms with Gasteiger partial charge in [-0.25, -0.2) is 9.78 Å². The summed E-state index contributed by atoms with van der Waals surface area (Å²) in [5.74, 6) is -0.622. The number of nitrogens with zero attached hydrogens (tertiary/aromatic N) is 2. The first-order valence-corrected chi connectivity index (χ1v) is 7.27. The van der Waals surface area contributed by atoms with E-state index in [4.69, 9.17) is 5.11 Å². The fraction of sp³-hybridized carbons (Fsp3) is 0.312. The second kappa shape index (κ2) is 6.01. The van der Waals surface area contributed by atoms with E-state index >= 15 is 0 Å². The molecule has 114 valence electrons. The zero-order valence-electron chi connectivity index (χ0n) is 12.0. The Hall–Kier alpha value is -2.63. The first-order valence-electron chi connectivity index (χ1n) is 7.27. The van der Waals surface area contributed by atoms with Gasteiger partial charge in [0, 0.05) is 24.7 Å². The number of carbonyl (C=O) groups excluding carboxylic acids is 1. The molecule has 0 atom stereocenters. The molecule has 0 spiro atoms. The Labute approximate surface area is 127 Å². The van der Waals surface area contributed by atoms with Crippen LogP contribution in [0.1, 0.15) is 12.8 Å². The van der Waals surface area contributed by atoms with E-state index in [1.54, 1.807) is 11.1 Å². The molecule has 1 aliphatic heterocycles. The summed E-state index contributed by atoms with van der Waals surface area (Å²) in [6.45, 7) is 0.909. The maximum Gasteiger partial charge on any atom is 0.323 e. The summed E-state index contributed by atoms with van der Waals surface area (Å²) >= 11 is 0. The smallest absolute Gasteiger partial charge is 0.323 e. The molecule has 1 aromatic carbocycles. The van der Waals surface area contributed by atoms with Crippen LogP contribution in [0.15, 0.2) is 36.5 Å². The molecule has 3 rings (SSSR count). The molecule has 6 nitrogen and oxygen atoms in total. The standard InChI is InChI=1S/C16H17N3O3/c20-15(21)11-5-7-19(8-6-11)16(22)18-14-9-12-3-1-2-4-13(12)10-17-14/h1-4,9-11H,5-8H2,(H,20,21)(H,17,18,22). The van der Waals surface area contributed by atoms with E-state index in [9.17, 15) is 9.59 Å². The van der Waals surface area contributed by atoms with Crippen LogP contribution in [0.25, 0.3) is 10.8 Å². The Morgan fingerprint density at radius 1 is 1.18 bits per heavy atom. The van der Waals surface area contributed by atoms with E-state index in [-0.39, 0.29) is 11.9 Å². The lowest BCUT2D eigenvalue weighted by Crippen LogP contribution is -2.42. The highest BCUT2D eigenvalue weighted by Crippen LogP contribution is 2.19. The third kappa shape index (κ3) is 3.00. The molecule has 1 aliphatic rings. The zero-order chi connectivity index (χ0) is 15.5. The van der Waals surface area contributed by atoms with Crippen LogP contribution in [0.3, 0.4) is 0 Å². The van der Waals surface area contributed by atoms with Crippen LogP contribution in [0, 0.1) is 5.92 Å². The average molecular weight is 299 g/mol. The molecule has 2 N–H and O–H groups in total. The lowest BCUT2D eigenvalue weighted by atomic mass is 9.97. The first kappa shape index (κ1) is 14.3. The lowest BCUT2D eigenvalue weighted by molar-refractivity contribution is -0.143. The molecule has 2 heterocycles. The maximum absolute atomic E-state index is 12.2. The van der Waals surface area contributed by atoms with Gasteiger partial charge in [-0.2, -0.15) is 0 Å². The highest BCUT2D eigenvalue weighted by molar-refractivity contribution is 5.91. The summed E-state index contributed by atoms with van der Waals surface area (Å²) in [5, 5.41) is 13.8. The molecule has 22 heavy (non-hydrogen) atoms. The van der Waals surface area contributed by atoms with Gasteiger partial charge in [0.2, 0.25) is 0 Å². The van der Waals surface area contributed by atoms with E-state index in [1.165, 1.54) is 0 Å². The summed E-state index contributed by atoms with van der Waals surface area (Å²) in [6, 6.07) is 9.40. The number of pyridine rings is 1. The number of likely N-dealkylation sites (tertiary alicyclic amines) is 1. The number of urea groups is 1. The SMILES string of the molecule is O=C(O)C1CCN(C(=O)Nc2cc3ccccc3cn2)CC1. The predicted molar refractivity (Wildman–Crippen MR) is 82.7 cm³/mol. The van der Waals surface area contributed by atoms with Crippen molar-refractivity contribution in [3.05, 3.63) is 36.5 Å². The van der Waals surface area contributed by atoms with Crippen molar-refractivity contribution in [1.82, 2.24) is 9.88 Å². The summed E-state index contributed by atoms with van der Waals surface area (Å²) in [5.41, 5.74) is 0. The monoisotopic (exact) mass is 299 g/mol. The highest BCUT2D eigenvalue weighted by Gasteiger charge is 2.27. The molecule has 0 unspecified atom stereocenters. The van der Waals surface area contributed by atoms with Crippen molar-refractivity contribution < 1.29 is 14.7 Å². The summed E-state index contributed by atoms with van der Waals surface area (Å²) in [6.07, 6.45) is 2.71. The van der Waals surface area contributed by atoms with Crippen LogP contribution in [-0.4, -0.2) is 40.1 Å². The Morgan fingerprint density at radius 2 is 1.86 bits per heavy atom. The number of anilines is 1. The predicted octanol–water partition coefficient (Wildman–Crippen LogP) is 2.56. The fourth-order valence-electron chi connectivity index (χ4n) is 2.67. The number of benzene rings is 1. The number of piperidine rings is 1. The van der Waals surface area contributed by atoms with Gasteiger partial charge in [-0.15, -0.1) is 0 Å². The van der Waals surface area contributed by atoms with Gasteiger partial charge in [-0.3, -0.25) is 10.1 Å². The molecular formula is C16H17N3O3. The maximum atomic E-state index is 12.2. The van der Waals surface area contributed by atoms with Crippen LogP contribution >= 0.6 is 0 Å². The molecule has 0 aliphatic carbocycles. The van der Waals surface area contributed by atoms with Crippen molar-refractivity contribution in [2.75, 3.05) is 18.4 Å². The molecule has 0 saturated carbocycles. The van der Waals surface area contributed by atoms with Gasteiger partial charge in [0.15, 0.2) is 0 Å². The third-order valence-corrected chi connectivity index (χ3v) is 4.00. The van der Waals surface area contributed by atoms with Gasteiger partial charge in [0.05, 0.1) is 5.92 Å². The fourth-order valence-corrected chi connectivity index (χ4v) is 2.67. The van der Waals surface area contributed by atoms with E-state index in [0.29, 0.717) is 31.7 Å². The van der Waals surface area contributed by atoms with E-state index in [0.717, 1.165) is 10.8 Å². The van der Waals surface area contributed by atoms with Crippen LogP contribution in [0.4, 0.5) is 10.6 Å². The third-order valence-electron chi connectivity index (χ3n) is 4.00. The molecule has 0 radical (unpaired) electrons. The minimum absolute atomic E-state index is 0.230. The number of rotatable bonds is 2. The molecule has 1 saturated heterocycles. The van der Waals surface area contributed by atoms with Crippen molar-refractivity contribution in [2.24, 2.45) is 5.92 Å². The van der Waals surface area contributed by atoms with Crippen LogP contribution in [0.2, 0.25) is 0 Å². The first-order chi connectivity index (χ1) is 10.6.